The highest BCUT2D eigenvalue weighted by molar-refractivity contribution is 6.31. The Morgan fingerprint density at radius 2 is 2.19 bits per heavy atom. The number of halogens is 1. The standard InChI is InChI=1S/C22H31ClN4O4/c1-14-11-19(27(2)3)21(22(29)31-14)30-10-4-8-25-20(28)13-26-17-7-9-24-18-12-15(23)5-6-16(17)18/h5-7,9,12,14,19,21-22,29H,4,8,10-11,13H2,1-3H3,(H,24,26)(H,25,28)/t14?,19-,21+,22+/m0/s1. The maximum absolute atomic E-state index is 12.2. The summed E-state index contributed by atoms with van der Waals surface area (Å²) in [7, 11) is 3.94. The molecule has 0 aliphatic carbocycles. The van der Waals surface area contributed by atoms with Gasteiger partial charge in [-0.25, -0.2) is 0 Å². The van der Waals surface area contributed by atoms with E-state index in [4.69, 9.17) is 21.1 Å². The number of aromatic nitrogens is 1. The lowest BCUT2D eigenvalue weighted by Gasteiger charge is -2.41. The van der Waals surface area contributed by atoms with Gasteiger partial charge >= 0.3 is 0 Å². The van der Waals surface area contributed by atoms with Crippen molar-refractivity contribution in [2.75, 3.05) is 39.1 Å². The van der Waals surface area contributed by atoms with Crippen LogP contribution in [0, 0.1) is 0 Å². The van der Waals surface area contributed by atoms with Crippen molar-refractivity contribution < 1.29 is 19.4 Å². The van der Waals surface area contributed by atoms with Crippen molar-refractivity contribution in [3.8, 4) is 0 Å². The molecule has 4 atom stereocenters. The van der Waals surface area contributed by atoms with Gasteiger partial charge in [0, 0.05) is 41.5 Å². The maximum Gasteiger partial charge on any atom is 0.239 e. The van der Waals surface area contributed by atoms with E-state index in [0.717, 1.165) is 23.0 Å². The number of fused-ring (bicyclic) bond motifs is 1. The van der Waals surface area contributed by atoms with E-state index in [9.17, 15) is 9.90 Å². The average molecular weight is 451 g/mol. The number of hydrogen-bond donors (Lipinski definition) is 3. The molecule has 1 aromatic heterocycles. The van der Waals surface area contributed by atoms with Gasteiger partial charge in [-0.15, -0.1) is 0 Å². The molecular weight excluding hydrogens is 420 g/mol. The average Bonchev–Trinajstić information content (AvgIpc) is 2.72. The van der Waals surface area contributed by atoms with E-state index in [1.807, 2.05) is 33.2 Å². The molecule has 170 valence electrons. The minimum absolute atomic E-state index is 0.0106. The van der Waals surface area contributed by atoms with Crippen molar-refractivity contribution in [2.45, 2.75) is 44.3 Å². The molecule has 3 rings (SSSR count). The fourth-order valence-electron chi connectivity index (χ4n) is 3.77. The van der Waals surface area contributed by atoms with Crippen LogP contribution < -0.4 is 10.6 Å². The number of hydrogen-bond acceptors (Lipinski definition) is 7. The zero-order valence-electron chi connectivity index (χ0n) is 18.2. The number of nitrogens with zero attached hydrogens (tertiary/aromatic N) is 2. The molecule has 31 heavy (non-hydrogen) atoms. The van der Waals surface area contributed by atoms with E-state index < -0.39 is 12.4 Å². The second-order valence-corrected chi connectivity index (χ2v) is 8.45. The van der Waals surface area contributed by atoms with Gasteiger partial charge < -0.3 is 30.1 Å². The first kappa shape index (κ1) is 23.7. The number of rotatable bonds is 9. The minimum atomic E-state index is -0.944. The number of carbonyl (C=O) groups is 1. The molecule has 8 nitrogen and oxygen atoms in total. The molecule has 0 spiro atoms. The van der Waals surface area contributed by atoms with Crippen LogP contribution in [0.25, 0.3) is 10.9 Å². The zero-order chi connectivity index (χ0) is 22.4. The number of likely N-dealkylation sites (N-methyl/N-ethyl adjacent to an activating group) is 1. The first-order chi connectivity index (χ1) is 14.8. The Labute approximate surface area is 187 Å². The summed E-state index contributed by atoms with van der Waals surface area (Å²) in [5.41, 5.74) is 1.60. The first-order valence-electron chi connectivity index (χ1n) is 10.5. The van der Waals surface area contributed by atoms with Crippen molar-refractivity contribution in [1.82, 2.24) is 15.2 Å². The van der Waals surface area contributed by atoms with Gasteiger partial charge in [0.2, 0.25) is 5.91 Å². The molecule has 1 aromatic carbocycles. The summed E-state index contributed by atoms with van der Waals surface area (Å²) in [5, 5.41) is 17.8. The van der Waals surface area contributed by atoms with E-state index in [1.54, 1.807) is 18.3 Å². The van der Waals surface area contributed by atoms with Gasteiger partial charge in [0.05, 0.1) is 18.2 Å². The Hall–Kier alpha value is -1.97. The molecule has 1 amide bonds. The molecule has 2 aromatic rings. The number of anilines is 1. The number of benzene rings is 1. The second kappa shape index (κ2) is 11.1. The molecule has 1 fully saturated rings. The molecule has 3 N–H and O–H groups in total. The molecule has 2 heterocycles. The quantitative estimate of drug-likeness (QED) is 0.504. The monoisotopic (exact) mass is 450 g/mol. The Bertz CT molecular complexity index is 882. The van der Waals surface area contributed by atoms with Crippen LogP contribution in [0.4, 0.5) is 5.69 Å². The van der Waals surface area contributed by atoms with Crippen LogP contribution in [0.1, 0.15) is 19.8 Å². The van der Waals surface area contributed by atoms with Crippen LogP contribution in [0.15, 0.2) is 30.5 Å². The maximum atomic E-state index is 12.2. The number of ether oxygens (including phenoxy) is 2. The van der Waals surface area contributed by atoms with Gasteiger partial charge in [0.15, 0.2) is 6.29 Å². The Kier molecular flexibility index (Phi) is 8.45. The molecule has 9 heteroatoms. The third kappa shape index (κ3) is 6.51. The fraction of sp³-hybridized carbons (Fsp3) is 0.545. The highest BCUT2D eigenvalue weighted by atomic mass is 35.5. The minimum Gasteiger partial charge on any atom is -0.376 e. The van der Waals surface area contributed by atoms with Crippen LogP contribution in [0.5, 0.6) is 0 Å². The number of pyridine rings is 1. The number of aliphatic hydroxyl groups excluding tert-OH is 1. The Morgan fingerprint density at radius 3 is 2.97 bits per heavy atom. The van der Waals surface area contributed by atoms with Crippen LogP contribution >= 0.6 is 11.6 Å². The van der Waals surface area contributed by atoms with E-state index in [-0.39, 0.29) is 24.6 Å². The predicted octanol–water partition coefficient (Wildman–Crippen LogP) is 2.25. The van der Waals surface area contributed by atoms with Gasteiger partial charge in [0.1, 0.15) is 6.10 Å². The molecule has 0 radical (unpaired) electrons. The van der Waals surface area contributed by atoms with Gasteiger partial charge in [0.25, 0.3) is 0 Å². The number of carbonyl (C=O) groups excluding carboxylic acids is 1. The van der Waals surface area contributed by atoms with E-state index >= 15 is 0 Å². The summed E-state index contributed by atoms with van der Waals surface area (Å²) in [6, 6.07) is 7.39. The number of nitrogens with one attached hydrogen (secondary N) is 2. The summed E-state index contributed by atoms with van der Waals surface area (Å²) < 4.78 is 11.4. The number of amides is 1. The summed E-state index contributed by atoms with van der Waals surface area (Å²) >= 11 is 6.01. The van der Waals surface area contributed by atoms with Crippen molar-refractivity contribution in [2.24, 2.45) is 0 Å². The number of aliphatic hydroxyl groups is 1. The highest BCUT2D eigenvalue weighted by Crippen LogP contribution is 2.25. The largest absolute Gasteiger partial charge is 0.376 e. The van der Waals surface area contributed by atoms with Crippen molar-refractivity contribution in [1.29, 1.82) is 0 Å². The molecule has 1 aliphatic heterocycles. The van der Waals surface area contributed by atoms with Crippen LogP contribution in [0.2, 0.25) is 5.02 Å². The topological polar surface area (TPSA) is 96.0 Å². The van der Waals surface area contributed by atoms with Crippen molar-refractivity contribution in [3.05, 3.63) is 35.5 Å². The Balaban J connectivity index is 1.39. The summed E-state index contributed by atoms with van der Waals surface area (Å²) in [5.74, 6) is -0.111. The molecule has 1 aliphatic rings. The summed E-state index contributed by atoms with van der Waals surface area (Å²) in [6.45, 7) is 3.01. The molecular formula is C22H31ClN4O4. The van der Waals surface area contributed by atoms with Gasteiger partial charge in [-0.3, -0.25) is 9.78 Å². The fourth-order valence-corrected chi connectivity index (χ4v) is 3.93. The zero-order valence-corrected chi connectivity index (χ0v) is 18.9. The third-order valence-electron chi connectivity index (χ3n) is 5.37. The Morgan fingerprint density at radius 1 is 1.39 bits per heavy atom. The molecule has 0 saturated carbocycles. The SMILES string of the molecule is CC1C[C@H](N(C)C)[C@@H](OCCCNC(=O)CNc2ccnc3cc(Cl)ccc23)[C@H](O)O1. The normalized spacial score (nSPS) is 23.8. The molecule has 1 saturated heterocycles. The smallest absolute Gasteiger partial charge is 0.239 e. The van der Waals surface area contributed by atoms with Gasteiger partial charge in [-0.2, -0.15) is 0 Å². The van der Waals surface area contributed by atoms with Crippen molar-refractivity contribution >= 4 is 34.1 Å². The van der Waals surface area contributed by atoms with Crippen LogP contribution in [-0.4, -0.2) is 79.2 Å². The van der Waals surface area contributed by atoms with E-state index in [1.165, 1.54) is 0 Å². The molecule has 0 bridgehead atoms. The van der Waals surface area contributed by atoms with Crippen LogP contribution in [0.3, 0.4) is 0 Å². The second-order valence-electron chi connectivity index (χ2n) is 8.02. The first-order valence-corrected chi connectivity index (χ1v) is 10.9. The van der Waals surface area contributed by atoms with Gasteiger partial charge in [-0.1, -0.05) is 11.6 Å². The lowest BCUT2D eigenvalue weighted by molar-refractivity contribution is -0.243. The molecule has 1 unspecified atom stereocenters. The lowest BCUT2D eigenvalue weighted by Crippen LogP contribution is -2.54. The van der Waals surface area contributed by atoms with E-state index in [0.29, 0.717) is 24.6 Å². The van der Waals surface area contributed by atoms with Crippen LogP contribution in [-0.2, 0) is 14.3 Å². The van der Waals surface area contributed by atoms with Gasteiger partial charge in [-0.05, 0) is 58.1 Å². The van der Waals surface area contributed by atoms with E-state index in [2.05, 4.69) is 20.5 Å². The lowest BCUT2D eigenvalue weighted by atomic mass is 9.99. The predicted molar refractivity (Wildman–Crippen MR) is 121 cm³/mol. The summed E-state index contributed by atoms with van der Waals surface area (Å²) in [4.78, 5) is 18.5. The van der Waals surface area contributed by atoms with Crippen molar-refractivity contribution in [3.63, 3.8) is 0 Å². The highest BCUT2D eigenvalue weighted by Gasteiger charge is 2.38. The third-order valence-corrected chi connectivity index (χ3v) is 5.60. The summed E-state index contributed by atoms with van der Waals surface area (Å²) in [6.07, 6.45) is 1.76.